The number of carbonyl (C=O) groups is 1. The minimum atomic E-state index is -0.491. The van der Waals surface area contributed by atoms with Crippen molar-refractivity contribution in [1.29, 1.82) is 0 Å². The molecule has 1 aromatic heterocycles. The number of hydrogen-bond donors (Lipinski definition) is 0. The van der Waals surface area contributed by atoms with Crippen LogP contribution in [-0.4, -0.2) is 29.5 Å². The molecule has 0 amide bonds. The lowest BCUT2D eigenvalue weighted by molar-refractivity contribution is 0.0513. The molecular weight excluding hydrogens is 476 g/mol. The van der Waals surface area contributed by atoms with Crippen molar-refractivity contribution >= 4 is 11.7 Å². The fourth-order valence-corrected chi connectivity index (χ4v) is 4.20. The van der Waals surface area contributed by atoms with Crippen LogP contribution in [-0.2, 0) is 24.4 Å². The molecule has 37 heavy (non-hydrogen) atoms. The Morgan fingerprint density at radius 3 is 1.86 bits per heavy atom. The van der Waals surface area contributed by atoms with Crippen molar-refractivity contribution in [3.63, 3.8) is 0 Å². The molecule has 0 aliphatic heterocycles. The minimum Gasteiger partial charge on any atom is -0.497 e. The second-order valence-corrected chi connectivity index (χ2v) is 8.62. The van der Waals surface area contributed by atoms with E-state index in [-0.39, 0.29) is 18.2 Å². The van der Waals surface area contributed by atoms with E-state index >= 15 is 0 Å². The van der Waals surface area contributed by atoms with Crippen LogP contribution in [0.25, 0.3) is 0 Å². The topological polar surface area (TPSA) is 56.6 Å². The average molecular weight is 506 g/mol. The maximum absolute atomic E-state index is 13.6. The quantitative estimate of drug-likeness (QED) is 0.251. The van der Waals surface area contributed by atoms with Gasteiger partial charge in [0.2, 0.25) is 0 Å². The number of nitrogens with zero attached hydrogens (tertiary/aromatic N) is 3. The Balaban J connectivity index is 1.78. The van der Waals surface area contributed by atoms with E-state index in [0.717, 1.165) is 22.4 Å². The molecule has 3 aromatic carbocycles. The lowest BCUT2D eigenvalue weighted by atomic mass is 10.1. The summed E-state index contributed by atoms with van der Waals surface area (Å²) in [6.45, 7) is 4.90. The van der Waals surface area contributed by atoms with Gasteiger partial charge in [0.05, 0.1) is 31.6 Å². The van der Waals surface area contributed by atoms with Gasteiger partial charge in [0.25, 0.3) is 0 Å². The number of ether oxygens (including phenoxy) is 2. The summed E-state index contributed by atoms with van der Waals surface area (Å²) in [6.07, 6.45) is 0. The monoisotopic (exact) mass is 505 g/mol. The number of esters is 1. The van der Waals surface area contributed by atoms with Crippen molar-refractivity contribution in [3.8, 4) is 5.75 Å². The van der Waals surface area contributed by atoms with E-state index in [1.54, 1.807) is 43.0 Å². The van der Waals surface area contributed by atoms with Crippen LogP contribution in [0.15, 0.2) is 72.8 Å². The smallest absolute Gasteiger partial charge is 0.358 e. The number of methoxy groups -OCH3 is 1. The summed E-state index contributed by atoms with van der Waals surface area (Å²) in [6, 6.07) is 19.9. The molecule has 1 heterocycles. The summed E-state index contributed by atoms with van der Waals surface area (Å²) in [4.78, 5) is 15.2. The molecule has 0 saturated heterocycles. The molecule has 0 bridgehead atoms. The Morgan fingerprint density at radius 1 is 0.865 bits per heavy atom. The van der Waals surface area contributed by atoms with Gasteiger partial charge in [0.1, 0.15) is 17.4 Å². The van der Waals surface area contributed by atoms with Gasteiger partial charge in [-0.05, 0) is 66.9 Å². The van der Waals surface area contributed by atoms with Gasteiger partial charge in [-0.15, -0.1) is 0 Å². The molecule has 4 rings (SSSR count). The summed E-state index contributed by atoms with van der Waals surface area (Å²) in [5.41, 5.74) is 4.20. The number of halogens is 2. The van der Waals surface area contributed by atoms with E-state index in [4.69, 9.17) is 14.6 Å². The zero-order valence-electron chi connectivity index (χ0n) is 21.1. The molecule has 0 spiro atoms. The fraction of sp³-hybridized carbons (Fsp3) is 0.241. The maximum atomic E-state index is 13.6. The number of rotatable bonds is 10. The minimum absolute atomic E-state index is 0.209. The highest BCUT2D eigenvalue weighted by Crippen LogP contribution is 2.30. The Hall–Kier alpha value is -4.20. The molecule has 8 heteroatoms. The first-order chi connectivity index (χ1) is 17.9. The Bertz CT molecular complexity index is 1290. The molecule has 0 atom stereocenters. The predicted octanol–water partition coefficient (Wildman–Crippen LogP) is 5.91. The van der Waals surface area contributed by atoms with Gasteiger partial charge in [-0.1, -0.05) is 36.4 Å². The Morgan fingerprint density at radius 2 is 1.38 bits per heavy atom. The van der Waals surface area contributed by atoms with Crippen LogP contribution in [0.4, 0.5) is 14.5 Å². The van der Waals surface area contributed by atoms with Crippen LogP contribution >= 0.6 is 0 Å². The van der Waals surface area contributed by atoms with Crippen LogP contribution in [0.3, 0.4) is 0 Å². The van der Waals surface area contributed by atoms with Crippen molar-refractivity contribution in [1.82, 2.24) is 9.78 Å². The number of anilines is 1. The van der Waals surface area contributed by atoms with Gasteiger partial charge >= 0.3 is 5.97 Å². The number of carbonyl (C=O) groups excluding carboxylic acids is 1. The Kier molecular flexibility index (Phi) is 8.18. The van der Waals surface area contributed by atoms with Gasteiger partial charge in [-0.2, -0.15) is 5.10 Å². The third-order valence-corrected chi connectivity index (χ3v) is 5.95. The summed E-state index contributed by atoms with van der Waals surface area (Å²) in [7, 11) is 1.60. The number of aromatic nitrogens is 2. The highest BCUT2D eigenvalue weighted by molar-refractivity contribution is 5.95. The zero-order chi connectivity index (χ0) is 26.4. The maximum Gasteiger partial charge on any atom is 0.358 e. The van der Waals surface area contributed by atoms with Gasteiger partial charge < -0.3 is 14.4 Å². The number of hydrogen-bond acceptors (Lipinski definition) is 5. The third kappa shape index (κ3) is 6.33. The SMILES string of the molecule is CCOC(=O)c1c(N(Cc2ccc(F)cc2)Cc2ccc(F)cc2)c(C)nn1Cc1ccc(OC)cc1. The van der Waals surface area contributed by atoms with E-state index in [9.17, 15) is 13.6 Å². The van der Waals surface area contributed by atoms with Crippen molar-refractivity contribution in [3.05, 3.63) is 113 Å². The van der Waals surface area contributed by atoms with E-state index in [1.165, 1.54) is 24.3 Å². The lowest BCUT2D eigenvalue weighted by Gasteiger charge is -2.26. The molecule has 192 valence electrons. The Labute approximate surface area is 215 Å². The highest BCUT2D eigenvalue weighted by Gasteiger charge is 2.27. The lowest BCUT2D eigenvalue weighted by Crippen LogP contribution is -2.26. The van der Waals surface area contributed by atoms with Crippen LogP contribution < -0.4 is 9.64 Å². The van der Waals surface area contributed by atoms with Crippen LogP contribution in [0.1, 0.15) is 39.8 Å². The number of benzene rings is 3. The normalized spacial score (nSPS) is 10.8. The first-order valence-electron chi connectivity index (χ1n) is 12.0. The summed E-state index contributed by atoms with van der Waals surface area (Å²) in [5.74, 6) is -0.416. The summed E-state index contributed by atoms with van der Waals surface area (Å²) >= 11 is 0. The molecule has 0 fully saturated rings. The molecule has 4 aromatic rings. The molecule has 0 saturated carbocycles. The van der Waals surface area contributed by atoms with E-state index in [2.05, 4.69) is 0 Å². The highest BCUT2D eigenvalue weighted by atomic mass is 19.1. The van der Waals surface area contributed by atoms with Gasteiger partial charge in [-0.3, -0.25) is 4.68 Å². The van der Waals surface area contributed by atoms with Crippen molar-refractivity contribution < 1.29 is 23.0 Å². The molecule has 0 N–H and O–H groups in total. The van der Waals surface area contributed by atoms with Gasteiger partial charge in [-0.25, -0.2) is 13.6 Å². The van der Waals surface area contributed by atoms with E-state index in [0.29, 0.717) is 36.7 Å². The van der Waals surface area contributed by atoms with Crippen LogP contribution in [0.5, 0.6) is 5.75 Å². The second-order valence-electron chi connectivity index (χ2n) is 8.62. The fourth-order valence-electron chi connectivity index (χ4n) is 4.20. The summed E-state index contributed by atoms with van der Waals surface area (Å²) < 4.78 is 39.5. The van der Waals surface area contributed by atoms with Crippen molar-refractivity contribution in [2.75, 3.05) is 18.6 Å². The predicted molar refractivity (Wildman–Crippen MR) is 138 cm³/mol. The van der Waals surface area contributed by atoms with Crippen LogP contribution in [0.2, 0.25) is 0 Å². The average Bonchev–Trinajstić information content (AvgIpc) is 3.22. The first kappa shape index (κ1) is 25.9. The molecular formula is C29H29F2N3O3. The third-order valence-electron chi connectivity index (χ3n) is 5.95. The van der Waals surface area contributed by atoms with E-state index in [1.807, 2.05) is 36.1 Å². The molecule has 0 unspecified atom stereocenters. The second kappa shape index (κ2) is 11.7. The van der Waals surface area contributed by atoms with Crippen molar-refractivity contribution in [2.45, 2.75) is 33.5 Å². The van der Waals surface area contributed by atoms with E-state index < -0.39 is 5.97 Å². The molecule has 6 nitrogen and oxygen atoms in total. The van der Waals surface area contributed by atoms with Gasteiger partial charge in [0.15, 0.2) is 5.69 Å². The first-order valence-corrected chi connectivity index (χ1v) is 12.0. The molecule has 0 aliphatic carbocycles. The van der Waals surface area contributed by atoms with Crippen LogP contribution in [0, 0.1) is 18.6 Å². The largest absolute Gasteiger partial charge is 0.497 e. The summed E-state index contributed by atoms with van der Waals surface area (Å²) in [5, 5.41) is 4.71. The number of aryl methyl sites for hydroxylation is 1. The van der Waals surface area contributed by atoms with Crippen molar-refractivity contribution in [2.24, 2.45) is 0 Å². The van der Waals surface area contributed by atoms with Gasteiger partial charge in [0, 0.05) is 13.1 Å². The molecule has 0 aliphatic rings. The standard InChI is InChI=1S/C29H29F2N3O3/c1-4-37-29(35)28-27(20(2)32-34(28)19-23-9-15-26(36-3)16-10-23)33(17-21-5-11-24(30)12-6-21)18-22-7-13-25(31)14-8-22/h5-16H,4,17-19H2,1-3H3. The molecule has 0 radical (unpaired) electrons. The zero-order valence-corrected chi connectivity index (χ0v) is 21.1.